The Morgan fingerprint density at radius 3 is 2.68 bits per heavy atom. The molecule has 1 aromatic carbocycles. The van der Waals surface area contributed by atoms with Crippen LogP contribution < -0.4 is 10.1 Å². The minimum atomic E-state index is 0.543. The second kappa shape index (κ2) is 6.38. The van der Waals surface area contributed by atoms with E-state index in [1.807, 2.05) is 32.0 Å². The van der Waals surface area contributed by atoms with E-state index in [2.05, 4.69) is 15.3 Å². The Balaban J connectivity index is 2.35. The smallest absolute Gasteiger partial charge is 0.227 e. The Kier molecular flexibility index (Phi) is 4.58. The van der Waals surface area contributed by atoms with E-state index in [0.29, 0.717) is 16.7 Å². The highest BCUT2D eigenvalue weighted by molar-refractivity contribution is 6.32. The number of hydrogen-bond donors (Lipinski definition) is 1. The van der Waals surface area contributed by atoms with E-state index in [9.17, 15) is 0 Å². The van der Waals surface area contributed by atoms with E-state index in [1.165, 1.54) is 6.33 Å². The van der Waals surface area contributed by atoms with E-state index in [0.717, 1.165) is 24.3 Å². The van der Waals surface area contributed by atoms with Gasteiger partial charge in [0, 0.05) is 6.54 Å². The van der Waals surface area contributed by atoms with E-state index in [-0.39, 0.29) is 0 Å². The summed E-state index contributed by atoms with van der Waals surface area (Å²) in [4.78, 5) is 8.43. The summed E-state index contributed by atoms with van der Waals surface area (Å²) in [6, 6.07) is 7.34. The highest BCUT2D eigenvalue weighted by atomic mass is 35.5. The molecule has 0 saturated heterocycles. The number of rotatable bonds is 5. The lowest BCUT2D eigenvalue weighted by Gasteiger charge is -2.13. The molecule has 0 fully saturated rings. The summed E-state index contributed by atoms with van der Waals surface area (Å²) in [5, 5.41) is 3.77. The van der Waals surface area contributed by atoms with Crippen LogP contribution in [-0.2, 0) is 6.42 Å². The molecule has 0 spiro atoms. The normalized spacial score (nSPS) is 10.3. The van der Waals surface area contributed by atoms with Crippen LogP contribution in [0.15, 0.2) is 30.6 Å². The fraction of sp³-hybridized carbons (Fsp3) is 0.286. The predicted molar refractivity (Wildman–Crippen MR) is 77.1 cm³/mol. The standard InChI is InChI=1S/C14H16ClN3O/c1-3-10-13(16-4-2)17-9-18-14(10)19-12-8-6-5-7-11(12)15/h5-9H,3-4H2,1-2H3,(H,16,17,18). The maximum absolute atomic E-state index is 6.09. The van der Waals surface area contributed by atoms with Crippen molar-refractivity contribution in [2.75, 3.05) is 11.9 Å². The largest absolute Gasteiger partial charge is 0.437 e. The highest BCUT2D eigenvalue weighted by Crippen LogP contribution is 2.31. The van der Waals surface area contributed by atoms with Crippen LogP contribution in [0, 0.1) is 0 Å². The van der Waals surface area contributed by atoms with Crippen molar-refractivity contribution >= 4 is 17.4 Å². The molecule has 0 aliphatic heterocycles. The Labute approximate surface area is 117 Å². The summed E-state index contributed by atoms with van der Waals surface area (Å²) in [5.74, 6) is 1.95. The van der Waals surface area contributed by atoms with Gasteiger partial charge in [0.25, 0.3) is 0 Å². The van der Waals surface area contributed by atoms with Crippen LogP contribution >= 0.6 is 11.6 Å². The molecule has 100 valence electrons. The number of halogens is 1. The van der Waals surface area contributed by atoms with Crippen LogP contribution in [0.25, 0.3) is 0 Å². The number of aromatic nitrogens is 2. The van der Waals surface area contributed by atoms with Crippen molar-refractivity contribution in [1.82, 2.24) is 9.97 Å². The zero-order valence-electron chi connectivity index (χ0n) is 11.0. The van der Waals surface area contributed by atoms with Gasteiger partial charge in [-0.25, -0.2) is 9.97 Å². The quantitative estimate of drug-likeness (QED) is 0.900. The Hall–Kier alpha value is -1.81. The lowest BCUT2D eigenvalue weighted by Crippen LogP contribution is -2.05. The van der Waals surface area contributed by atoms with Gasteiger partial charge >= 0.3 is 0 Å². The van der Waals surface area contributed by atoms with Gasteiger partial charge in [-0.1, -0.05) is 30.7 Å². The Bertz CT molecular complexity index is 560. The van der Waals surface area contributed by atoms with Crippen LogP contribution in [0.5, 0.6) is 11.6 Å². The monoisotopic (exact) mass is 277 g/mol. The minimum absolute atomic E-state index is 0.543. The number of para-hydroxylation sites is 1. The van der Waals surface area contributed by atoms with Crippen LogP contribution in [0.1, 0.15) is 19.4 Å². The summed E-state index contributed by atoms with van der Waals surface area (Å²) in [6.07, 6.45) is 2.27. The molecule has 1 aromatic heterocycles. The lowest BCUT2D eigenvalue weighted by atomic mass is 10.2. The van der Waals surface area contributed by atoms with E-state index >= 15 is 0 Å². The van der Waals surface area contributed by atoms with Crippen molar-refractivity contribution in [3.63, 3.8) is 0 Å². The van der Waals surface area contributed by atoms with E-state index < -0.39 is 0 Å². The average Bonchev–Trinajstić information content (AvgIpc) is 2.42. The maximum atomic E-state index is 6.09. The summed E-state index contributed by atoms with van der Waals surface area (Å²) in [7, 11) is 0. The van der Waals surface area contributed by atoms with E-state index in [1.54, 1.807) is 6.07 Å². The van der Waals surface area contributed by atoms with Crippen molar-refractivity contribution in [2.24, 2.45) is 0 Å². The molecule has 1 heterocycles. The lowest BCUT2D eigenvalue weighted by molar-refractivity contribution is 0.456. The molecule has 0 bridgehead atoms. The van der Waals surface area contributed by atoms with Crippen LogP contribution in [0.2, 0.25) is 5.02 Å². The molecule has 0 radical (unpaired) electrons. The first-order valence-electron chi connectivity index (χ1n) is 6.26. The van der Waals surface area contributed by atoms with Gasteiger partial charge in [-0.2, -0.15) is 0 Å². The maximum Gasteiger partial charge on any atom is 0.227 e. The second-order valence-corrected chi connectivity index (χ2v) is 4.33. The third kappa shape index (κ3) is 3.15. The van der Waals surface area contributed by atoms with Crippen molar-refractivity contribution in [2.45, 2.75) is 20.3 Å². The molecule has 2 rings (SSSR count). The summed E-state index contributed by atoms with van der Waals surface area (Å²) in [6.45, 7) is 4.87. The van der Waals surface area contributed by atoms with Crippen LogP contribution in [0.3, 0.4) is 0 Å². The molecule has 5 heteroatoms. The third-order valence-electron chi connectivity index (χ3n) is 2.65. The molecule has 2 aromatic rings. The van der Waals surface area contributed by atoms with Crippen molar-refractivity contribution in [1.29, 1.82) is 0 Å². The second-order valence-electron chi connectivity index (χ2n) is 3.92. The summed E-state index contributed by atoms with van der Waals surface area (Å²) in [5.41, 5.74) is 0.948. The molecule has 0 aliphatic carbocycles. The number of nitrogens with one attached hydrogen (secondary N) is 1. The highest BCUT2D eigenvalue weighted by Gasteiger charge is 2.12. The zero-order valence-corrected chi connectivity index (χ0v) is 11.7. The summed E-state index contributed by atoms with van der Waals surface area (Å²) < 4.78 is 5.80. The first kappa shape index (κ1) is 13.6. The van der Waals surface area contributed by atoms with Gasteiger partial charge in [-0.3, -0.25) is 0 Å². The number of benzene rings is 1. The van der Waals surface area contributed by atoms with Gasteiger partial charge in [-0.05, 0) is 25.5 Å². The minimum Gasteiger partial charge on any atom is -0.437 e. The van der Waals surface area contributed by atoms with Gasteiger partial charge < -0.3 is 10.1 Å². The average molecular weight is 278 g/mol. The first-order valence-corrected chi connectivity index (χ1v) is 6.64. The number of nitrogens with zero attached hydrogens (tertiary/aromatic N) is 2. The van der Waals surface area contributed by atoms with E-state index in [4.69, 9.17) is 16.3 Å². The number of anilines is 1. The molecule has 4 nitrogen and oxygen atoms in total. The fourth-order valence-corrected chi connectivity index (χ4v) is 1.93. The van der Waals surface area contributed by atoms with Gasteiger partial charge in [0.2, 0.25) is 5.88 Å². The van der Waals surface area contributed by atoms with Crippen molar-refractivity contribution < 1.29 is 4.74 Å². The molecule has 1 N–H and O–H groups in total. The molecular formula is C14H16ClN3O. The molecule has 0 aliphatic rings. The SMILES string of the molecule is CCNc1ncnc(Oc2ccccc2Cl)c1CC. The first-order chi connectivity index (χ1) is 9.26. The van der Waals surface area contributed by atoms with Gasteiger partial charge in [-0.15, -0.1) is 0 Å². The number of hydrogen-bond acceptors (Lipinski definition) is 4. The Morgan fingerprint density at radius 1 is 1.21 bits per heavy atom. The number of ether oxygens (including phenoxy) is 1. The van der Waals surface area contributed by atoms with Crippen LogP contribution in [-0.4, -0.2) is 16.5 Å². The molecular weight excluding hydrogens is 262 g/mol. The van der Waals surface area contributed by atoms with Crippen molar-refractivity contribution in [3.05, 3.63) is 41.2 Å². The molecule has 0 atom stereocenters. The Morgan fingerprint density at radius 2 is 2.00 bits per heavy atom. The van der Waals surface area contributed by atoms with Gasteiger partial charge in [0.05, 0.1) is 10.6 Å². The fourth-order valence-electron chi connectivity index (χ4n) is 1.75. The van der Waals surface area contributed by atoms with Gasteiger partial charge in [0.1, 0.15) is 17.9 Å². The topological polar surface area (TPSA) is 47.0 Å². The zero-order chi connectivity index (χ0) is 13.7. The molecule has 0 saturated carbocycles. The van der Waals surface area contributed by atoms with Gasteiger partial charge in [0.15, 0.2) is 0 Å². The molecule has 0 amide bonds. The predicted octanol–water partition coefficient (Wildman–Crippen LogP) is 3.92. The molecule has 0 unspecified atom stereocenters. The van der Waals surface area contributed by atoms with Crippen LogP contribution in [0.4, 0.5) is 5.82 Å². The summed E-state index contributed by atoms with van der Waals surface area (Å²) >= 11 is 6.09. The van der Waals surface area contributed by atoms with Crippen molar-refractivity contribution in [3.8, 4) is 11.6 Å². The third-order valence-corrected chi connectivity index (χ3v) is 2.96. The molecule has 19 heavy (non-hydrogen) atoms.